The van der Waals surface area contributed by atoms with E-state index in [0.717, 1.165) is 20.0 Å². The third-order valence-corrected chi connectivity index (χ3v) is 9.50. The van der Waals surface area contributed by atoms with Crippen molar-refractivity contribution in [2.45, 2.75) is 12.8 Å². The fraction of sp³-hybridized carbons (Fsp3) is 0.174. The van der Waals surface area contributed by atoms with Crippen molar-refractivity contribution in [3.05, 3.63) is 80.8 Å². The predicted octanol–water partition coefficient (Wildman–Crippen LogP) is 4.45. The Labute approximate surface area is 211 Å². The number of thiophene rings is 2. The first-order valence-corrected chi connectivity index (χ1v) is 14.2. The maximum absolute atomic E-state index is 13.3. The summed E-state index contributed by atoms with van der Waals surface area (Å²) in [5, 5.41) is 7.53. The largest absolute Gasteiger partial charge is 0.337 e. The maximum atomic E-state index is 13.3. The number of hydrogen-bond donors (Lipinski definition) is 1. The maximum Gasteiger partial charge on any atom is 0.274 e. The molecule has 7 nitrogen and oxygen atoms in total. The third-order valence-electron chi connectivity index (χ3n) is 5.21. The summed E-state index contributed by atoms with van der Waals surface area (Å²) in [6.07, 6.45) is 2.54. The molecular formula is C23H20N4O3S4. The van der Waals surface area contributed by atoms with E-state index >= 15 is 0 Å². The average molecular weight is 529 g/mol. The summed E-state index contributed by atoms with van der Waals surface area (Å²) in [6, 6.07) is 15.6. The van der Waals surface area contributed by atoms with Crippen LogP contribution in [-0.4, -0.2) is 42.7 Å². The van der Waals surface area contributed by atoms with Gasteiger partial charge in [0, 0.05) is 41.9 Å². The molecule has 1 aromatic carbocycles. The standard InChI is InChI=1S/C23H20N4O3S4/c28-21-18(15-24-23-25-19-7-1-2-8-20(19)33-23)22(29)27(12-10-17-6-4-14-32-17)34(30)26(21)11-9-16-5-3-13-31-16/h1-8,13-15H,9-12H2,(H,24,25). The fourth-order valence-electron chi connectivity index (χ4n) is 3.50. The quantitative estimate of drug-likeness (QED) is 0.270. The topological polar surface area (TPSA) is 82.6 Å². The number of carbonyl (C=O) groups is 2. The van der Waals surface area contributed by atoms with Crippen LogP contribution < -0.4 is 5.32 Å². The average Bonchev–Trinajstić information content (AvgIpc) is 3.60. The molecule has 1 saturated heterocycles. The number of carbonyl (C=O) groups excluding carboxylic acids is 2. The van der Waals surface area contributed by atoms with E-state index in [0.29, 0.717) is 18.0 Å². The molecule has 11 heteroatoms. The normalized spacial score (nSPS) is 16.5. The first-order chi connectivity index (χ1) is 16.6. The number of hydrogen-bond acceptors (Lipinski definition) is 8. The Morgan fingerprint density at radius 3 is 2.06 bits per heavy atom. The second-order valence-electron chi connectivity index (χ2n) is 7.39. The Morgan fingerprint density at radius 1 is 0.882 bits per heavy atom. The van der Waals surface area contributed by atoms with Gasteiger partial charge in [-0.05, 0) is 35.0 Å². The minimum atomic E-state index is -1.88. The highest BCUT2D eigenvalue weighted by Gasteiger charge is 2.41. The lowest BCUT2D eigenvalue weighted by Crippen LogP contribution is -2.54. The smallest absolute Gasteiger partial charge is 0.274 e. The molecule has 174 valence electrons. The summed E-state index contributed by atoms with van der Waals surface area (Å²) in [5.41, 5.74) is 0.794. The van der Waals surface area contributed by atoms with Gasteiger partial charge in [-0.25, -0.2) is 17.8 Å². The number of amides is 2. The van der Waals surface area contributed by atoms with Crippen LogP contribution in [0.1, 0.15) is 9.75 Å². The number of rotatable bonds is 8. The van der Waals surface area contributed by atoms with E-state index in [1.54, 1.807) is 22.7 Å². The molecule has 0 spiro atoms. The Hall–Kier alpha value is -2.86. The Morgan fingerprint density at radius 2 is 1.50 bits per heavy atom. The molecular weight excluding hydrogens is 509 g/mol. The van der Waals surface area contributed by atoms with Gasteiger partial charge in [-0.2, -0.15) is 0 Å². The van der Waals surface area contributed by atoms with E-state index < -0.39 is 23.0 Å². The summed E-state index contributed by atoms with van der Waals surface area (Å²) in [7, 11) is 0. The van der Waals surface area contributed by atoms with E-state index in [2.05, 4.69) is 10.3 Å². The van der Waals surface area contributed by atoms with E-state index in [4.69, 9.17) is 0 Å². The summed E-state index contributed by atoms with van der Waals surface area (Å²) in [5.74, 6) is -1.08. The zero-order valence-corrected chi connectivity index (χ0v) is 21.1. The first-order valence-electron chi connectivity index (χ1n) is 10.5. The highest BCUT2D eigenvalue weighted by atomic mass is 32.2. The molecule has 2 amide bonds. The van der Waals surface area contributed by atoms with Crippen LogP contribution in [0.4, 0.5) is 5.13 Å². The monoisotopic (exact) mass is 528 g/mol. The summed E-state index contributed by atoms with van der Waals surface area (Å²) < 4.78 is 16.8. The second kappa shape index (κ2) is 10.2. The van der Waals surface area contributed by atoms with Crippen molar-refractivity contribution in [1.29, 1.82) is 0 Å². The molecule has 1 aliphatic heterocycles. The molecule has 0 saturated carbocycles. The molecule has 1 aliphatic rings. The van der Waals surface area contributed by atoms with E-state index in [1.165, 1.54) is 26.1 Å². The van der Waals surface area contributed by atoms with Crippen LogP contribution in [0.15, 0.2) is 71.1 Å². The van der Waals surface area contributed by atoms with Gasteiger partial charge in [0.25, 0.3) is 11.8 Å². The van der Waals surface area contributed by atoms with E-state index in [-0.39, 0.29) is 18.7 Å². The number of benzene rings is 1. The molecule has 3 aromatic heterocycles. The van der Waals surface area contributed by atoms with Gasteiger partial charge in [-0.15, -0.1) is 22.7 Å². The minimum Gasteiger partial charge on any atom is -0.337 e. The predicted molar refractivity (Wildman–Crippen MR) is 139 cm³/mol. The van der Waals surface area contributed by atoms with E-state index in [1.807, 2.05) is 59.3 Å². The van der Waals surface area contributed by atoms with Gasteiger partial charge in [0.1, 0.15) is 5.57 Å². The summed E-state index contributed by atoms with van der Waals surface area (Å²) in [4.78, 5) is 33.2. The molecule has 0 aliphatic carbocycles. The number of aromatic nitrogens is 1. The van der Waals surface area contributed by atoms with Gasteiger partial charge >= 0.3 is 0 Å². The highest BCUT2D eigenvalue weighted by molar-refractivity contribution is 7.81. The Bertz CT molecular complexity index is 1270. The lowest BCUT2D eigenvalue weighted by molar-refractivity contribution is -0.131. The number of fused-ring (bicyclic) bond motifs is 1. The van der Waals surface area contributed by atoms with Gasteiger partial charge < -0.3 is 5.32 Å². The van der Waals surface area contributed by atoms with Crippen molar-refractivity contribution in [3.8, 4) is 0 Å². The third kappa shape index (κ3) is 4.83. The van der Waals surface area contributed by atoms with Crippen molar-refractivity contribution in [1.82, 2.24) is 13.6 Å². The SMILES string of the molecule is O=C1C(=CNc2nc3ccccc3s2)C(=O)N(CCc2cccs2)S(=O)N1CCc1cccs1. The van der Waals surface area contributed by atoms with Crippen LogP contribution in [0.3, 0.4) is 0 Å². The summed E-state index contributed by atoms with van der Waals surface area (Å²) >= 11 is 2.72. The number of para-hydroxylation sites is 1. The number of nitrogens with zero attached hydrogens (tertiary/aromatic N) is 3. The van der Waals surface area contributed by atoms with Gasteiger partial charge in [0.2, 0.25) is 11.2 Å². The van der Waals surface area contributed by atoms with Gasteiger partial charge in [-0.3, -0.25) is 9.59 Å². The minimum absolute atomic E-state index is 0.0452. The van der Waals surface area contributed by atoms with Crippen LogP contribution >= 0.6 is 34.0 Å². The van der Waals surface area contributed by atoms with Crippen LogP contribution in [-0.2, 0) is 33.6 Å². The highest BCUT2D eigenvalue weighted by Crippen LogP contribution is 2.27. The molecule has 0 radical (unpaired) electrons. The van der Waals surface area contributed by atoms with Gasteiger partial charge in [0.15, 0.2) is 5.13 Å². The molecule has 1 fully saturated rings. The summed E-state index contributed by atoms with van der Waals surface area (Å²) in [6.45, 7) is 0.514. The molecule has 0 unspecified atom stereocenters. The van der Waals surface area contributed by atoms with Crippen molar-refractivity contribution < 1.29 is 13.8 Å². The molecule has 5 rings (SSSR count). The first kappa shape index (κ1) is 22.9. The zero-order valence-electron chi connectivity index (χ0n) is 17.9. The Kier molecular flexibility index (Phi) is 6.86. The lowest BCUT2D eigenvalue weighted by atomic mass is 10.2. The van der Waals surface area contributed by atoms with Crippen LogP contribution in [0.5, 0.6) is 0 Å². The van der Waals surface area contributed by atoms with Crippen LogP contribution in [0.2, 0.25) is 0 Å². The van der Waals surface area contributed by atoms with Crippen molar-refractivity contribution in [3.63, 3.8) is 0 Å². The van der Waals surface area contributed by atoms with Crippen molar-refractivity contribution in [2.24, 2.45) is 0 Å². The second-order valence-corrected chi connectivity index (χ2v) is 11.8. The molecule has 34 heavy (non-hydrogen) atoms. The van der Waals surface area contributed by atoms with E-state index in [9.17, 15) is 13.8 Å². The molecule has 4 heterocycles. The molecule has 1 N–H and O–H groups in total. The number of anilines is 1. The lowest BCUT2D eigenvalue weighted by Gasteiger charge is -2.34. The number of nitrogens with one attached hydrogen (secondary N) is 1. The zero-order chi connectivity index (χ0) is 23.5. The van der Waals surface area contributed by atoms with Crippen molar-refractivity contribution >= 4 is 72.3 Å². The van der Waals surface area contributed by atoms with Gasteiger partial charge in [0.05, 0.1) is 10.2 Å². The number of thiazole rings is 1. The fourth-order valence-corrected chi connectivity index (χ4v) is 6.95. The molecule has 0 atom stereocenters. The van der Waals surface area contributed by atoms with Crippen molar-refractivity contribution in [2.75, 3.05) is 18.4 Å². The Balaban J connectivity index is 1.40. The van der Waals surface area contributed by atoms with Crippen LogP contribution in [0, 0.1) is 0 Å². The molecule has 0 bridgehead atoms. The van der Waals surface area contributed by atoms with Crippen LogP contribution in [0.25, 0.3) is 10.2 Å². The van der Waals surface area contributed by atoms with Gasteiger partial charge in [-0.1, -0.05) is 35.6 Å². The molecule has 4 aromatic rings.